The van der Waals surface area contributed by atoms with Gasteiger partial charge in [0, 0.05) is 73.4 Å². The Hall–Kier alpha value is -4.75. The summed E-state index contributed by atoms with van der Waals surface area (Å²) in [5, 5.41) is 3.38. The molecule has 1 amide bonds. The second-order valence-corrected chi connectivity index (χ2v) is 11.8. The third-order valence-corrected chi connectivity index (χ3v) is 8.41. The van der Waals surface area contributed by atoms with E-state index in [4.69, 9.17) is 20.2 Å². The molecule has 0 radical (unpaired) electrons. The Labute approximate surface area is 269 Å². The van der Waals surface area contributed by atoms with Crippen molar-refractivity contribution in [2.24, 2.45) is 11.7 Å². The predicted octanol–water partition coefficient (Wildman–Crippen LogP) is 5.36. The number of piperidine rings is 1. The van der Waals surface area contributed by atoms with Crippen LogP contribution in [0.4, 0.5) is 35.0 Å². The lowest BCUT2D eigenvalue weighted by Crippen LogP contribution is -2.51. The number of halogens is 3. The first-order valence-electron chi connectivity index (χ1n) is 15.4. The number of nitrogens with two attached hydrogens (primary N) is 1. The van der Waals surface area contributed by atoms with E-state index in [9.17, 15) is 22.8 Å². The molecule has 246 valence electrons. The first kappa shape index (κ1) is 32.2. The Bertz CT molecular complexity index is 1730. The zero-order valence-electron chi connectivity index (χ0n) is 25.6. The van der Waals surface area contributed by atoms with Crippen molar-refractivity contribution in [3.63, 3.8) is 0 Å². The number of ketones is 1. The summed E-state index contributed by atoms with van der Waals surface area (Å²) in [6.45, 7) is 2.57. The van der Waals surface area contributed by atoms with Gasteiger partial charge in [-0.2, -0.15) is 13.2 Å². The van der Waals surface area contributed by atoms with Crippen molar-refractivity contribution >= 4 is 39.8 Å². The number of pyridine rings is 2. The van der Waals surface area contributed by atoms with Crippen LogP contribution in [0.2, 0.25) is 0 Å². The Kier molecular flexibility index (Phi) is 9.55. The zero-order chi connectivity index (χ0) is 33.0. The fourth-order valence-corrected chi connectivity index (χ4v) is 6.04. The lowest BCUT2D eigenvalue weighted by atomic mass is 9.93. The van der Waals surface area contributed by atoms with Crippen molar-refractivity contribution in [1.29, 1.82) is 0 Å². The SMILES string of the molecule is N[C@H]1C[C@@H](C(F)(F)F)CN(c2ccncc2CC(=O)c2nc3cc(N4CCOCC4)ccc3cc2NC(=O)OCc2ccccc2)C1. The number of carbonyl (C=O) groups excluding carboxylic acids is 2. The molecule has 0 aliphatic carbocycles. The molecule has 0 bridgehead atoms. The highest BCUT2D eigenvalue weighted by molar-refractivity contribution is 6.06. The first-order valence-corrected chi connectivity index (χ1v) is 15.4. The van der Waals surface area contributed by atoms with Crippen molar-refractivity contribution in [1.82, 2.24) is 9.97 Å². The summed E-state index contributed by atoms with van der Waals surface area (Å²) in [4.78, 5) is 39.5. The maximum Gasteiger partial charge on any atom is 0.412 e. The van der Waals surface area contributed by atoms with Crippen LogP contribution in [0.3, 0.4) is 0 Å². The van der Waals surface area contributed by atoms with E-state index in [2.05, 4.69) is 15.2 Å². The van der Waals surface area contributed by atoms with Crippen molar-refractivity contribution in [2.45, 2.75) is 31.7 Å². The summed E-state index contributed by atoms with van der Waals surface area (Å²) in [5.74, 6) is -2.05. The molecule has 2 atom stereocenters. The standard InChI is InChI=1S/C34H35F3N6O4/c35-34(36,37)25-16-26(38)20-43(19-25)30-8-9-39-18-24(30)15-31(44)32-29(41-33(45)47-21-22-4-2-1-3-5-22)14-23-6-7-27(17-28(23)40-32)42-10-12-46-13-11-42/h1-9,14,17-18,25-26H,10-13,15-16,19-21,38H2,(H,41,45)/t25-,26+/m1/s1. The molecule has 4 aromatic rings. The molecular weight excluding hydrogens is 613 g/mol. The molecule has 2 aliphatic heterocycles. The van der Waals surface area contributed by atoms with Gasteiger partial charge in [0.25, 0.3) is 0 Å². The summed E-state index contributed by atoms with van der Waals surface area (Å²) < 4.78 is 52.0. The Morgan fingerprint density at radius 3 is 2.57 bits per heavy atom. The van der Waals surface area contributed by atoms with E-state index in [0.717, 1.165) is 11.3 Å². The highest BCUT2D eigenvalue weighted by atomic mass is 19.4. The average Bonchev–Trinajstić information content (AvgIpc) is 3.07. The van der Waals surface area contributed by atoms with Crippen LogP contribution in [0.25, 0.3) is 10.9 Å². The fraction of sp³-hybridized carbons (Fsp3) is 0.353. The molecule has 6 rings (SSSR count). The molecule has 2 aliphatic rings. The highest BCUT2D eigenvalue weighted by Crippen LogP contribution is 2.36. The van der Waals surface area contributed by atoms with Crippen LogP contribution in [0.15, 0.2) is 73.1 Å². The van der Waals surface area contributed by atoms with E-state index in [-0.39, 0.29) is 43.9 Å². The minimum absolute atomic E-state index is 0.00777. The van der Waals surface area contributed by atoms with Crippen LogP contribution >= 0.6 is 0 Å². The van der Waals surface area contributed by atoms with Gasteiger partial charge < -0.3 is 25.0 Å². The van der Waals surface area contributed by atoms with Crippen molar-refractivity contribution in [3.05, 3.63) is 89.9 Å². The number of anilines is 3. The molecule has 0 spiro atoms. The molecular formula is C34H35F3N6O4. The number of nitrogens with one attached hydrogen (secondary N) is 1. The molecule has 0 saturated carbocycles. The van der Waals surface area contributed by atoms with Gasteiger partial charge >= 0.3 is 12.3 Å². The predicted molar refractivity (Wildman–Crippen MR) is 172 cm³/mol. The number of amides is 1. The van der Waals surface area contributed by atoms with E-state index in [1.165, 1.54) is 12.4 Å². The number of morpholine rings is 1. The van der Waals surface area contributed by atoms with E-state index in [1.54, 1.807) is 17.0 Å². The number of rotatable bonds is 8. The number of hydrogen-bond donors (Lipinski definition) is 2. The molecule has 0 unspecified atom stereocenters. The molecule has 2 aromatic heterocycles. The summed E-state index contributed by atoms with van der Waals surface area (Å²) in [5.41, 5.74) is 9.32. The van der Waals surface area contributed by atoms with Crippen LogP contribution < -0.4 is 20.9 Å². The Morgan fingerprint density at radius 1 is 1.02 bits per heavy atom. The Balaban J connectivity index is 1.30. The minimum atomic E-state index is -4.40. The lowest BCUT2D eigenvalue weighted by molar-refractivity contribution is -0.177. The third-order valence-electron chi connectivity index (χ3n) is 8.41. The van der Waals surface area contributed by atoms with E-state index >= 15 is 0 Å². The van der Waals surface area contributed by atoms with Gasteiger partial charge in [0.15, 0.2) is 5.78 Å². The monoisotopic (exact) mass is 648 g/mol. The smallest absolute Gasteiger partial charge is 0.412 e. The van der Waals surface area contributed by atoms with Gasteiger partial charge in [-0.3, -0.25) is 15.1 Å². The normalized spacial score (nSPS) is 18.6. The summed E-state index contributed by atoms with van der Waals surface area (Å²) in [7, 11) is 0. The summed E-state index contributed by atoms with van der Waals surface area (Å²) >= 11 is 0. The van der Waals surface area contributed by atoms with Crippen LogP contribution in [0, 0.1) is 5.92 Å². The average molecular weight is 649 g/mol. The van der Waals surface area contributed by atoms with Crippen molar-refractivity contribution < 1.29 is 32.2 Å². The molecule has 2 fully saturated rings. The van der Waals surface area contributed by atoms with E-state index in [0.29, 0.717) is 48.5 Å². The van der Waals surface area contributed by atoms with Gasteiger partial charge in [-0.25, -0.2) is 9.78 Å². The first-order chi connectivity index (χ1) is 22.6. The number of nitrogens with zero attached hydrogens (tertiary/aromatic N) is 4. The topological polar surface area (TPSA) is 123 Å². The third kappa shape index (κ3) is 7.80. The van der Waals surface area contributed by atoms with E-state index in [1.807, 2.05) is 48.5 Å². The van der Waals surface area contributed by atoms with Gasteiger partial charge in [-0.05, 0) is 36.2 Å². The van der Waals surface area contributed by atoms with Crippen molar-refractivity contribution in [2.75, 3.05) is 54.5 Å². The second kappa shape index (κ2) is 13.9. The van der Waals surface area contributed by atoms with Gasteiger partial charge in [0.1, 0.15) is 12.3 Å². The quantitative estimate of drug-likeness (QED) is 0.243. The van der Waals surface area contributed by atoms with Crippen molar-refractivity contribution in [3.8, 4) is 0 Å². The van der Waals surface area contributed by atoms with E-state index < -0.39 is 30.0 Å². The maximum atomic E-state index is 14.0. The maximum absolute atomic E-state index is 14.0. The van der Waals surface area contributed by atoms with Crippen LogP contribution in [0.5, 0.6) is 0 Å². The van der Waals surface area contributed by atoms with Gasteiger partial charge in [0.2, 0.25) is 0 Å². The number of ether oxygens (including phenoxy) is 2. The van der Waals surface area contributed by atoms with Crippen LogP contribution in [-0.4, -0.2) is 73.5 Å². The summed E-state index contributed by atoms with van der Waals surface area (Å²) in [6.07, 6.45) is -2.61. The number of aromatic nitrogens is 2. The number of Topliss-reactive ketones (excluding diaryl/α,β-unsaturated/α-hetero) is 1. The zero-order valence-corrected chi connectivity index (χ0v) is 25.6. The van der Waals surface area contributed by atoms with Gasteiger partial charge in [-0.15, -0.1) is 0 Å². The minimum Gasteiger partial charge on any atom is -0.444 e. The number of benzene rings is 2. The van der Waals surface area contributed by atoms with Gasteiger partial charge in [-0.1, -0.05) is 36.4 Å². The van der Waals surface area contributed by atoms with Crippen LogP contribution in [-0.2, 0) is 22.5 Å². The molecule has 47 heavy (non-hydrogen) atoms. The Morgan fingerprint density at radius 2 is 1.81 bits per heavy atom. The fourth-order valence-electron chi connectivity index (χ4n) is 6.04. The largest absolute Gasteiger partial charge is 0.444 e. The molecule has 4 heterocycles. The molecule has 2 aromatic carbocycles. The number of fused-ring (bicyclic) bond motifs is 1. The molecule has 3 N–H and O–H groups in total. The summed E-state index contributed by atoms with van der Waals surface area (Å²) in [6, 6.07) is 17.5. The van der Waals surface area contributed by atoms with Gasteiger partial charge in [0.05, 0.1) is 30.3 Å². The number of carbonyl (C=O) groups is 2. The highest BCUT2D eigenvalue weighted by Gasteiger charge is 2.44. The second-order valence-electron chi connectivity index (χ2n) is 11.8. The number of hydrogen-bond acceptors (Lipinski definition) is 9. The molecule has 2 saturated heterocycles. The molecule has 13 heteroatoms. The lowest BCUT2D eigenvalue weighted by Gasteiger charge is -2.39. The van der Waals surface area contributed by atoms with Crippen LogP contribution in [0.1, 0.15) is 28.0 Å². The number of alkyl halides is 3. The molecule has 10 nitrogen and oxygen atoms in total.